The van der Waals surface area contributed by atoms with E-state index in [0.717, 1.165) is 52.2 Å². The molecule has 1 fully saturated rings. The number of amides is 1. The van der Waals surface area contributed by atoms with Crippen molar-refractivity contribution in [3.63, 3.8) is 0 Å². The summed E-state index contributed by atoms with van der Waals surface area (Å²) in [6.45, 7) is 4.69. The monoisotopic (exact) mass is 496 g/mol. The van der Waals surface area contributed by atoms with Crippen molar-refractivity contribution in [2.45, 2.75) is 13.3 Å². The number of anilines is 1. The average molecular weight is 497 g/mol. The fraction of sp³-hybridized carbons (Fsp3) is 0.214. The number of aryl methyl sites for hydroxylation is 1. The molecule has 0 saturated carbocycles. The summed E-state index contributed by atoms with van der Waals surface area (Å²) in [6.07, 6.45) is 0.831. The highest BCUT2D eigenvalue weighted by Gasteiger charge is 2.25. The summed E-state index contributed by atoms with van der Waals surface area (Å²) in [4.78, 5) is 22.5. The first-order chi connectivity index (χ1) is 17.6. The maximum Gasteiger partial charge on any atom is 0.254 e. The average Bonchev–Trinajstić information content (AvgIpc) is 3.19. The minimum Gasteiger partial charge on any atom is -0.340 e. The first-order valence-corrected chi connectivity index (χ1v) is 12.5. The van der Waals surface area contributed by atoms with Gasteiger partial charge in [0.25, 0.3) is 5.91 Å². The molecule has 0 atom stereocenters. The third kappa shape index (κ3) is 3.85. The van der Waals surface area contributed by atoms with Gasteiger partial charge >= 0.3 is 0 Å². The van der Waals surface area contributed by atoms with Gasteiger partial charge in [-0.15, -0.1) is 10.2 Å². The van der Waals surface area contributed by atoms with Gasteiger partial charge in [-0.05, 0) is 49.2 Å². The molecule has 0 unspecified atom stereocenters. The molecule has 5 aromatic rings. The van der Waals surface area contributed by atoms with Crippen molar-refractivity contribution >= 4 is 40.0 Å². The molecule has 3 heterocycles. The van der Waals surface area contributed by atoms with E-state index >= 15 is 0 Å². The number of fused-ring (bicyclic) bond motifs is 3. The molecule has 0 radical (unpaired) electrons. The summed E-state index contributed by atoms with van der Waals surface area (Å²) in [5, 5.41) is 10.6. The molecule has 1 aliphatic rings. The highest BCUT2D eigenvalue weighted by atomic mass is 35.5. The predicted octanol–water partition coefficient (Wildman–Crippen LogP) is 5.26. The molecular weight excluding hydrogens is 472 g/mol. The molecule has 6 rings (SSSR count). The Morgan fingerprint density at radius 3 is 2.50 bits per heavy atom. The van der Waals surface area contributed by atoms with E-state index in [1.165, 1.54) is 0 Å². The van der Waals surface area contributed by atoms with Crippen LogP contribution in [0.1, 0.15) is 22.3 Å². The second-order valence-corrected chi connectivity index (χ2v) is 9.45. The van der Waals surface area contributed by atoms with E-state index in [0.29, 0.717) is 30.5 Å². The molecule has 2 aromatic heterocycles. The SMILES string of the molecule is Cc1ccccc1C(=O)N1CCCN(c2nc3ccccc3c3nnc(-c4ccccc4Cl)n23)CC1. The number of hydrogen-bond donors (Lipinski definition) is 0. The Hall–Kier alpha value is -3.97. The van der Waals surface area contributed by atoms with Crippen LogP contribution in [0.3, 0.4) is 0 Å². The molecule has 1 saturated heterocycles. The lowest BCUT2D eigenvalue weighted by atomic mass is 10.1. The van der Waals surface area contributed by atoms with Gasteiger partial charge in [-0.3, -0.25) is 4.79 Å². The van der Waals surface area contributed by atoms with Crippen molar-refractivity contribution in [3.8, 4) is 11.4 Å². The fourth-order valence-corrected chi connectivity index (χ4v) is 5.12. The molecule has 1 amide bonds. The van der Waals surface area contributed by atoms with Crippen LogP contribution < -0.4 is 4.90 Å². The number of rotatable bonds is 3. The van der Waals surface area contributed by atoms with E-state index in [4.69, 9.17) is 16.6 Å². The number of benzene rings is 3. The lowest BCUT2D eigenvalue weighted by Crippen LogP contribution is -2.36. The first kappa shape index (κ1) is 22.5. The minimum absolute atomic E-state index is 0.0765. The number of nitrogens with zero attached hydrogens (tertiary/aromatic N) is 6. The van der Waals surface area contributed by atoms with Gasteiger partial charge in [0.05, 0.1) is 10.5 Å². The highest BCUT2D eigenvalue weighted by molar-refractivity contribution is 6.33. The zero-order valence-corrected chi connectivity index (χ0v) is 20.7. The lowest BCUT2D eigenvalue weighted by Gasteiger charge is -2.24. The number of para-hydroxylation sites is 1. The van der Waals surface area contributed by atoms with Crippen LogP contribution in [0.5, 0.6) is 0 Å². The van der Waals surface area contributed by atoms with Crippen molar-refractivity contribution in [3.05, 3.63) is 88.9 Å². The van der Waals surface area contributed by atoms with Crippen molar-refractivity contribution < 1.29 is 4.79 Å². The van der Waals surface area contributed by atoms with Crippen molar-refractivity contribution in [1.29, 1.82) is 0 Å². The lowest BCUT2D eigenvalue weighted by molar-refractivity contribution is 0.0766. The van der Waals surface area contributed by atoms with Crippen LogP contribution >= 0.6 is 11.6 Å². The molecule has 36 heavy (non-hydrogen) atoms. The number of aromatic nitrogens is 4. The molecule has 0 bridgehead atoms. The maximum atomic E-state index is 13.3. The third-order valence-electron chi connectivity index (χ3n) is 6.78. The molecule has 3 aromatic carbocycles. The molecule has 0 spiro atoms. The normalized spacial score (nSPS) is 14.4. The summed E-state index contributed by atoms with van der Waals surface area (Å²) in [5.41, 5.74) is 4.15. The van der Waals surface area contributed by atoms with Gasteiger partial charge in [0, 0.05) is 42.7 Å². The quantitative estimate of drug-likeness (QED) is 0.341. The van der Waals surface area contributed by atoms with Crippen LogP contribution in [0.4, 0.5) is 5.95 Å². The van der Waals surface area contributed by atoms with Gasteiger partial charge in [0.15, 0.2) is 11.5 Å². The van der Waals surface area contributed by atoms with E-state index in [1.807, 2.05) is 89.0 Å². The fourth-order valence-electron chi connectivity index (χ4n) is 4.90. The zero-order valence-electron chi connectivity index (χ0n) is 19.9. The van der Waals surface area contributed by atoms with Crippen molar-refractivity contribution in [1.82, 2.24) is 24.5 Å². The largest absolute Gasteiger partial charge is 0.340 e. The summed E-state index contributed by atoms with van der Waals surface area (Å²) in [7, 11) is 0. The Morgan fingerprint density at radius 2 is 1.64 bits per heavy atom. The minimum atomic E-state index is 0.0765. The van der Waals surface area contributed by atoms with Gasteiger partial charge in [0.2, 0.25) is 5.95 Å². The second kappa shape index (κ2) is 9.24. The van der Waals surface area contributed by atoms with Crippen LogP contribution in [0, 0.1) is 6.92 Å². The summed E-state index contributed by atoms with van der Waals surface area (Å²) < 4.78 is 2.00. The Balaban J connectivity index is 1.42. The summed E-state index contributed by atoms with van der Waals surface area (Å²) in [6, 6.07) is 23.4. The smallest absolute Gasteiger partial charge is 0.254 e. The van der Waals surface area contributed by atoms with Crippen LogP contribution in [-0.4, -0.2) is 56.6 Å². The maximum absolute atomic E-state index is 13.3. The van der Waals surface area contributed by atoms with E-state index in [2.05, 4.69) is 15.1 Å². The Bertz CT molecular complexity index is 1600. The third-order valence-corrected chi connectivity index (χ3v) is 7.11. The standard InChI is InChI=1S/C28H25ClN6O/c1-19-9-2-3-10-20(19)27(36)33-15-8-16-34(18-17-33)28-30-24-14-7-5-12-22(24)26-32-31-25(35(26)28)21-11-4-6-13-23(21)29/h2-7,9-14H,8,15-18H2,1H3. The van der Waals surface area contributed by atoms with E-state index in [9.17, 15) is 4.79 Å². The second-order valence-electron chi connectivity index (χ2n) is 9.04. The summed E-state index contributed by atoms with van der Waals surface area (Å²) >= 11 is 6.56. The highest BCUT2D eigenvalue weighted by Crippen LogP contribution is 2.32. The van der Waals surface area contributed by atoms with E-state index in [-0.39, 0.29) is 5.91 Å². The van der Waals surface area contributed by atoms with Crippen LogP contribution in [-0.2, 0) is 0 Å². The zero-order chi connectivity index (χ0) is 24.6. The van der Waals surface area contributed by atoms with Gasteiger partial charge in [0.1, 0.15) is 0 Å². The predicted molar refractivity (Wildman–Crippen MR) is 143 cm³/mol. The van der Waals surface area contributed by atoms with Gasteiger partial charge in [-0.25, -0.2) is 9.38 Å². The molecule has 7 nitrogen and oxygen atoms in total. The Kier molecular flexibility index (Phi) is 5.77. The van der Waals surface area contributed by atoms with Gasteiger partial charge in [-0.2, -0.15) is 0 Å². The number of halogens is 1. The summed E-state index contributed by atoms with van der Waals surface area (Å²) in [5.74, 6) is 1.49. The molecule has 1 aliphatic heterocycles. The van der Waals surface area contributed by atoms with E-state index < -0.39 is 0 Å². The molecule has 0 N–H and O–H groups in total. The molecule has 180 valence electrons. The van der Waals surface area contributed by atoms with Crippen LogP contribution in [0.25, 0.3) is 27.9 Å². The van der Waals surface area contributed by atoms with Crippen molar-refractivity contribution in [2.24, 2.45) is 0 Å². The van der Waals surface area contributed by atoms with Gasteiger partial charge in [-0.1, -0.05) is 54.1 Å². The molecule has 8 heteroatoms. The van der Waals surface area contributed by atoms with E-state index in [1.54, 1.807) is 0 Å². The Labute approximate surface area is 214 Å². The Morgan fingerprint density at radius 1 is 0.861 bits per heavy atom. The molecule has 0 aliphatic carbocycles. The first-order valence-electron chi connectivity index (χ1n) is 12.1. The van der Waals surface area contributed by atoms with Crippen LogP contribution in [0.15, 0.2) is 72.8 Å². The number of carbonyl (C=O) groups is 1. The van der Waals surface area contributed by atoms with Crippen LogP contribution in [0.2, 0.25) is 5.02 Å². The molecular formula is C28H25ClN6O. The van der Waals surface area contributed by atoms with Gasteiger partial charge < -0.3 is 9.80 Å². The number of hydrogen-bond acceptors (Lipinski definition) is 5. The van der Waals surface area contributed by atoms with Crippen molar-refractivity contribution in [2.75, 3.05) is 31.1 Å². The number of carbonyl (C=O) groups excluding carboxylic acids is 1. The topological polar surface area (TPSA) is 66.6 Å².